The molecule has 1 aromatic carbocycles. The van der Waals surface area contributed by atoms with Crippen LogP contribution in [0.25, 0.3) is 0 Å². The van der Waals surface area contributed by atoms with Crippen LogP contribution in [0.1, 0.15) is 73.0 Å². The van der Waals surface area contributed by atoms with Crippen molar-refractivity contribution in [1.29, 1.82) is 0 Å². The third-order valence-electron chi connectivity index (χ3n) is 5.28. The number of carbonyl (C=O) groups excluding carboxylic acids is 3. The summed E-state index contributed by atoms with van der Waals surface area (Å²) in [6, 6.07) is 6.67. The average Bonchev–Trinajstić information content (AvgIpc) is 3.13. The van der Waals surface area contributed by atoms with Gasteiger partial charge in [0.2, 0.25) is 5.91 Å². The zero-order valence-corrected chi connectivity index (χ0v) is 20.7. The fourth-order valence-electron chi connectivity index (χ4n) is 3.74. The van der Waals surface area contributed by atoms with Gasteiger partial charge in [-0.05, 0) is 69.4 Å². The van der Waals surface area contributed by atoms with Crippen molar-refractivity contribution in [3.63, 3.8) is 0 Å². The number of rotatable bonds is 6. The van der Waals surface area contributed by atoms with E-state index >= 15 is 0 Å². The smallest absolute Gasteiger partial charge is 0.273 e. The molecule has 0 unspecified atom stereocenters. The van der Waals surface area contributed by atoms with E-state index in [-0.39, 0.29) is 40.7 Å². The Morgan fingerprint density at radius 2 is 1.79 bits per heavy atom. The third-order valence-corrected chi connectivity index (χ3v) is 6.38. The molecule has 1 saturated carbocycles. The third kappa shape index (κ3) is 6.68. The fraction of sp³-hybridized carbons (Fsp3) is 0.478. The van der Waals surface area contributed by atoms with Gasteiger partial charge in [0, 0.05) is 22.3 Å². The van der Waals surface area contributed by atoms with Crippen LogP contribution in [-0.4, -0.2) is 40.2 Å². The van der Waals surface area contributed by atoms with Crippen LogP contribution in [0.2, 0.25) is 5.02 Å². The Balaban J connectivity index is 1.83. The molecule has 1 aliphatic carbocycles. The second kappa shape index (κ2) is 10.5. The Labute approximate surface area is 203 Å². The molecule has 0 atom stereocenters. The zero-order chi connectivity index (χ0) is 24.2. The van der Waals surface area contributed by atoms with Crippen molar-refractivity contribution in [1.82, 2.24) is 15.0 Å². The number of hydrogen-bond donors (Lipinski definition) is 3. The van der Waals surface area contributed by atoms with Crippen LogP contribution in [-0.2, 0) is 4.79 Å². The minimum absolute atomic E-state index is 0.0218. The highest BCUT2D eigenvalue weighted by molar-refractivity contribution is 7.09. The molecule has 0 bridgehead atoms. The Kier molecular flexibility index (Phi) is 7.97. The van der Waals surface area contributed by atoms with Crippen LogP contribution in [0.15, 0.2) is 24.3 Å². The minimum atomic E-state index is -0.506. The van der Waals surface area contributed by atoms with E-state index in [4.69, 9.17) is 17.3 Å². The molecule has 4 N–H and O–H groups in total. The van der Waals surface area contributed by atoms with E-state index in [1.807, 2.05) is 20.8 Å². The minimum Gasteiger partial charge on any atom is -0.395 e. The van der Waals surface area contributed by atoms with Crippen LogP contribution < -0.4 is 21.3 Å². The highest BCUT2D eigenvalue weighted by Crippen LogP contribution is 2.27. The first kappa shape index (κ1) is 25.0. The highest BCUT2D eigenvalue weighted by Gasteiger charge is 2.29. The molecule has 0 aliphatic heterocycles. The van der Waals surface area contributed by atoms with Gasteiger partial charge in [0.1, 0.15) is 11.4 Å². The molecule has 3 amide bonds. The summed E-state index contributed by atoms with van der Waals surface area (Å²) in [5.41, 5.74) is 6.29. The summed E-state index contributed by atoms with van der Waals surface area (Å²) in [4.78, 5) is 40.2. The summed E-state index contributed by atoms with van der Waals surface area (Å²) in [6.45, 7) is 5.35. The number of hydrogen-bond acceptors (Lipinski definition) is 6. The first-order chi connectivity index (χ1) is 15.5. The van der Waals surface area contributed by atoms with Crippen molar-refractivity contribution in [3.05, 3.63) is 39.9 Å². The standard InChI is InChI=1S/C23H30ClN5O3S/c1-23(2,3)27-17(30)13-29(16-11-9-14(24)10-12-16)22(32)20-18(25)19(28-33-20)21(31)26-15-7-5-4-6-8-15/h9-12,15H,4-8,13,25H2,1-3H3,(H,26,31)(H,27,30). The summed E-state index contributed by atoms with van der Waals surface area (Å²) >= 11 is 6.85. The number of nitrogens with one attached hydrogen (secondary N) is 2. The maximum Gasteiger partial charge on any atom is 0.273 e. The molecule has 0 spiro atoms. The quantitative estimate of drug-likeness (QED) is 0.564. The van der Waals surface area contributed by atoms with E-state index in [1.54, 1.807) is 24.3 Å². The summed E-state index contributed by atoms with van der Waals surface area (Å²) in [6.07, 6.45) is 5.18. The van der Waals surface area contributed by atoms with Gasteiger partial charge in [-0.15, -0.1) is 0 Å². The van der Waals surface area contributed by atoms with Crippen molar-refractivity contribution in [2.24, 2.45) is 0 Å². The molecule has 8 nitrogen and oxygen atoms in total. The highest BCUT2D eigenvalue weighted by atomic mass is 35.5. The molecule has 1 fully saturated rings. The van der Waals surface area contributed by atoms with Gasteiger partial charge in [-0.25, -0.2) is 0 Å². The van der Waals surface area contributed by atoms with Gasteiger partial charge >= 0.3 is 0 Å². The lowest BCUT2D eigenvalue weighted by molar-refractivity contribution is -0.121. The molecule has 1 aliphatic rings. The molecule has 178 valence electrons. The van der Waals surface area contributed by atoms with Gasteiger partial charge in [-0.3, -0.25) is 19.3 Å². The van der Waals surface area contributed by atoms with Crippen LogP contribution in [0.3, 0.4) is 0 Å². The summed E-state index contributed by atoms with van der Waals surface area (Å²) in [7, 11) is 0. The molecule has 2 aromatic rings. The average molecular weight is 492 g/mol. The van der Waals surface area contributed by atoms with Crippen LogP contribution in [0.5, 0.6) is 0 Å². The Hall–Kier alpha value is -2.65. The SMILES string of the molecule is CC(C)(C)NC(=O)CN(C(=O)c1snc(C(=O)NC2CCCCC2)c1N)c1ccc(Cl)cc1. The number of halogens is 1. The normalized spacial score (nSPS) is 14.5. The summed E-state index contributed by atoms with van der Waals surface area (Å²) in [5.74, 6) is -1.21. The number of anilines is 2. The van der Waals surface area contributed by atoms with Crippen molar-refractivity contribution >= 4 is 52.2 Å². The largest absolute Gasteiger partial charge is 0.395 e. The van der Waals surface area contributed by atoms with Crippen molar-refractivity contribution < 1.29 is 14.4 Å². The number of nitrogen functional groups attached to an aromatic ring is 1. The number of carbonyl (C=O) groups is 3. The van der Waals surface area contributed by atoms with Crippen molar-refractivity contribution in [3.8, 4) is 0 Å². The first-order valence-corrected chi connectivity index (χ1v) is 12.1. The van der Waals surface area contributed by atoms with Crippen molar-refractivity contribution in [2.75, 3.05) is 17.2 Å². The van der Waals surface area contributed by atoms with E-state index in [0.717, 1.165) is 37.2 Å². The van der Waals surface area contributed by atoms with E-state index < -0.39 is 11.4 Å². The number of nitrogens with zero attached hydrogens (tertiary/aromatic N) is 2. The Morgan fingerprint density at radius 1 is 1.15 bits per heavy atom. The summed E-state index contributed by atoms with van der Waals surface area (Å²) < 4.78 is 4.17. The van der Waals surface area contributed by atoms with Gasteiger partial charge in [0.15, 0.2) is 5.69 Å². The molecule has 1 aromatic heterocycles. The van der Waals surface area contributed by atoms with Crippen LogP contribution in [0.4, 0.5) is 11.4 Å². The Bertz CT molecular complexity index is 1010. The molecule has 0 saturated heterocycles. The van der Waals surface area contributed by atoms with E-state index in [2.05, 4.69) is 15.0 Å². The molecule has 0 radical (unpaired) electrons. The van der Waals surface area contributed by atoms with Gasteiger partial charge in [-0.1, -0.05) is 30.9 Å². The number of nitrogens with two attached hydrogens (primary N) is 1. The topological polar surface area (TPSA) is 117 Å². The van der Waals surface area contributed by atoms with Crippen LogP contribution >= 0.6 is 23.1 Å². The van der Waals surface area contributed by atoms with Gasteiger partial charge in [0.25, 0.3) is 11.8 Å². The molecule has 10 heteroatoms. The Morgan fingerprint density at radius 3 is 2.39 bits per heavy atom. The van der Waals surface area contributed by atoms with E-state index in [0.29, 0.717) is 10.7 Å². The fourth-order valence-corrected chi connectivity index (χ4v) is 4.61. The van der Waals surface area contributed by atoms with Crippen molar-refractivity contribution in [2.45, 2.75) is 64.5 Å². The molecule has 33 heavy (non-hydrogen) atoms. The second-order valence-electron chi connectivity index (χ2n) is 9.25. The lowest BCUT2D eigenvalue weighted by Gasteiger charge is -2.26. The van der Waals surface area contributed by atoms with Gasteiger partial charge in [-0.2, -0.15) is 4.37 Å². The molecular weight excluding hydrogens is 462 g/mol. The van der Waals surface area contributed by atoms with Gasteiger partial charge in [0.05, 0.1) is 5.69 Å². The number of amides is 3. The number of aromatic nitrogens is 1. The van der Waals surface area contributed by atoms with E-state index in [9.17, 15) is 14.4 Å². The van der Waals surface area contributed by atoms with Gasteiger partial charge < -0.3 is 16.4 Å². The lowest BCUT2D eigenvalue weighted by atomic mass is 9.95. The predicted octanol–water partition coefficient (Wildman–Crippen LogP) is 4.00. The molecular formula is C23H30ClN5O3S. The number of benzene rings is 1. The lowest BCUT2D eigenvalue weighted by Crippen LogP contribution is -2.47. The van der Waals surface area contributed by atoms with E-state index in [1.165, 1.54) is 11.3 Å². The molecule has 1 heterocycles. The second-order valence-corrected chi connectivity index (χ2v) is 10.5. The summed E-state index contributed by atoms with van der Waals surface area (Å²) in [5, 5.41) is 6.33. The first-order valence-electron chi connectivity index (χ1n) is 11.0. The predicted molar refractivity (Wildman–Crippen MR) is 132 cm³/mol. The maximum absolute atomic E-state index is 13.4. The monoisotopic (exact) mass is 491 g/mol. The maximum atomic E-state index is 13.4. The molecule has 3 rings (SSSR count). The van der Waals surface area contributed by atoms with Crippen LogP contribution in [0, 0.1) is 0 Å². The zero-order valence-electron chi connectivity index (χ0n) is 19.1.